The van der Waals surface area contributed by atoms with Crippen LogP contribution < -0.4 is 0 Å². The lowest BCUT2D eigenvalue weighted by atomic mass is 10.1. The Morgan fingerprint density at radius 1 is 1.19 bits per heavy atom. The fourth-order valence-corrected chi connectivity index (χ4v) is 2.16. The second-order valence-electron chi connectivity index (χ2n) is 4.14. The molecule has 0 aromatic rings. The summed E-state index contributed by atoms with van der Waals surface area (Å²) in [6, 6.07) is 0. The molecule has 92 valence electrons. The van der Waals surface area contributed by atoms with Gasteiger partial charge in [-0.3, -0.25) is 9.59 Å². The zero-order valence-corrected chi connectivity index (χ0v) is 10.9. The predicted molar refractivity (Wildman–Crippen MR) is 66.5 cm³/mol. The van der Waals surface area contributed by atoms with Gasteiger partial charge in [-0.1, -0.05) is 13.3 Å². The molecular formula is C11H20N2O2S. The van der Waals surface area contributed by atoms with Crippen molar-refractivity contribution >= 4 is 24.4 Å². The molecule has 0 aromatic heterocycles. The van der Waals surface area contributed by atoms with E-state index in [1.54, 1.807) is 9.80 Å². The molecule has 0 bridgehead atoms. The van der Waals surface area contributed by atoms with Crippen LogP contribution in [0.15, 0.2) is 0 Å². The third-order valence-corrected chi connectivity index (χ3v) is 3.57. The van der Waals surface area contributed by atoms with Crippen molar-refractivity contribution in [3.63, 3.8) is 0 Å². The van der Waals surface area contributed by atoms with Crippen molar-refractivity contribution in [3.8, 4) is 0 Å². The van der Waals surface area contributed by atoms with Crippen molar-refractivity contribution in [2.45, 2.75) is 20.3 Å². The Bertz CT molecular complexity index is 267. The van der Waals surface area contributed by atoms with E-state index in [-0.39, 0.29) is 24.9 Å². The average molecular weight is 244 g/mol. The molecule has 1 fully saturated rings. The standard InChI is InChI=1S/C11H20N2O2S/c1-3-9(8-16)5-13-7-10(14)12(4-2)6-11(13)15/h9,16H,3-8H2,1-2H3. The van der Waals surface area contributed by atoms with Crippen LogP contribution in [-0.2, 0) is 9.59 Å². The lowest BCUT2D eigenvalue weighted by Crippen LogP contribution is -2.54. The van der Waals surface area contributed by atoms with E-state index in [0.717, 1.165) is 12.2 Å². The van der Waals surface area contributed by atoms with Crippen LogP contribution >= 0.6 is 12.6 Å². The largest absolute Gasteiger partial charge is 0.332 e. The molecule has 0 aliphatic carbocycles. The van der Waals surface area contributed by atoms with Gasteiger partial charge in [0, 0.05) is 13.1 Å². The van der Waals surface area contributed by atoms with Crippen molar-refractivity contribution in [1.82, 2.24) is 9.80 Å². The Morgan fingerprint density at radius 3 is 2.25 bits per heavy atom. The van der Waals surface area contributed by atoms with Crippen molar-refractivity contribution in [1.29, 1.82) is 0 Å². The highest BCUT2D eigenvalue weighted by Gasteiger charge is 2.29. The first-order valence-electron chi connectivity index (χ1n) is 5.78. The molecule has 0 aromatic carbocycles. The zero-order chi connectivity index (χ0) is 12.1. The molecule has 0 saturated carbocycles. The summed E-state index contributed by atoms with van der Waals surface area (Å²) in [6.45, 7) is 5.71. The van der Waals surface area contributed by atoms with Gasteiger partial charge >= 0.3 is 0 Å². The Labute approximate surface area is 102 Å². The molecule has 1 atom stereocenters. The number of rotatable bonds is 5. The number of piperazine rings is 1. The Kier molecular flexibility index (Phi) is 5.12. The van der Waals surface area contributed by atoms with Crippen LogP contribution in [0.4, 0.5) is 0 Å². The molecule has 1 aliphatic heterocycles. The van der Waals surface area contributed by atoms with Crippen molar-refractivity contribution in [2.24, 2.45) is 5.92 Å². The normalized spacial score (nSPS) is 19.2. The first-order chi connectivity index (χ1) is 7.62. The molecule has 16 heavy (non-hydrogen) atoms. The third kappa shape index (κ3) is 3.14. The Balaban J connectivity index is 2.56. The fraction of sp³-hybridized carbons (Fsp3) is 0.818. The molecular weight excluding hydrogens is 224 g/mol. The molecule has 5 heteroatoms. The molecule has 0 spiro atoms. The summed E-state index contributed by atoms with van der Waals surface area (Å²) in [7, 11) is 0. The maximum absolute atomic E-state index is 11.8. The van der Waals surface area contributed by atoms with Gasteiger partial charge in [-0.15, -0.1) is 0 Å². The second kappa shape index (κ2) is 6.13. The lowest BCUT2D eigenvalue weighted by Gasteiger charge is -2.34. The SMILES string of the molecule is CCC(CS)CN1CC(=O)N(CC)CC1=O. The molecule has 1 aliphatic rings. The van der Waals surface area contributed by atoms with E-state index in [1.807, 2.05) is 6.92 Å². The minimum Gasteiger partial charge on any atom is -0.332 e. The number of hydrogen-bond donors (Lipinski definition) is 1. The average Bonchev–Trinajstić information content (AvgIpc) is 2.29. The summed E-state index contributed by atoms with van der Waals surface area (Å²) >= 11 is 4.25. The summed E-state index contributed by atoms with van der Waals surface area (Å²) in [4.78, 5) is 26.7. The van der Waals surface area contributed by atoms with E-state index in [9.17, 15) is 9.59 Å². The van der Waals surface area contributed by atoms with Gasteiger partial charge in [0.2, 0.25) is 11.8 Å². The number of carbonyl (C=O) groups excluding carboxylic acids is 2. The maximum atomic E-state index is 11.8. The van der Waals surface area contributed by atoms with Crippen molar-refractivity contribution < 1.29 is 9.59 Å². The number of amides is 2. The smallest absolute Gasteiger partial charge is 0.242 e. The first kappa shape index (κ1) is 13.4. The van der Waals surface area contributed by atoms with E-state index in [0.29, 0.717) is 19.0 Å². The summed E-state index contributed by atoms with van der Waals surface area (Å²) in [5.74, 6) is 1.25. The van der Waals surface area contributed by atoms with Crippen molar-refractivity contribution in [3.05, 3.63) is 0 Å². The van der Waals surface area contributed by atoms with Crippen LogP contribution in [0.5, 0.6) is 0 Å². The van der Waals surface area contributed by atoms with Gasteiger partial charge in [-0.25, -0.2) is 0 Å². The number of thiol groups is 1. The van der Waals surface area contributed by atoms with Gasteiger partial charge < -0.3 is 9.80 Å². The molecule has 4 nitrogen and oxygen atoms in total. The molecule has 0 radical (unpaired) electrons. The fourth-order valence-electron chi connectivity index (χ4n) is 1.79. The molecule has 1 heterocycles. The highest BCUT2D eigenvalue weighted by molar-refractivity contribution is 7.80. The lowest BCUT2D eigenvalue weighted by molar-refractivity contribution is -0.150. The van der Waals surface area contributed by atoms with Gasteiger partial charge in [0.05, 0.1) is 13.1 Å². The summed E-state index contributed by atoms with van der Waals surface area (Å²) in [5, 5.41) is 0. The molecule has 1 unspecified atom stereocenters. The minimum atomic E-state index is 0.0520. The molecule has 0 N–H and O–H groups in total. The highest BCUT2D eigenvalue weighted by atomic mass is 32.1. The van der Waals surface area contributed by atoms with Crippen LogP contribution in [0.25, 0.3) is 0 Å². The molecule has 1 rings (SSSR count). The minimum absolute atomic E-state index is 0.0520. The monoisotopic (exact) mass is 244 g/mol. The van der Waals surface area contributed by atoms with Crippen LogP contribution in [0.1, 0.15) is 20.3 Å². The zero-order valence-electron chi connectivity index (χ0n) is 9.98. The van der Waals surface area contributed by atoms with Gasteiger partial charge in [0.15, 0.2) is 0 Å². The van der Waals surface area contributed by atoms with Gasteiger partial charge in [-0.05, 0) is 18.6 Å². The van der Waals surface area contributed by atoms with E-state index in [4.69, 9.17) is 0 Å². The Hall–Kier alpha value is -0.710. The van der Waals surface area contributed by atoms with E-state index < -0.39 is 0 Å². The molecule has 2 amide bonds. The van der Waals surface area contributed by atoms with Crippen LogP contribution in [0.2, 0.25) is 0 Å². The number of likely N-dealkylation sites (N-methyl/N-ethyl adjacent to an activating group) is 1. The number of nitrogens with zero attached hydrogens (tertiary/aromatic N) is 2. The summed E-state index contributed by atoms with van der Waals surface area (Å²) < 4.78 is 0. The summed E-state index contributed by atoms with van der Waals surface area (Å²) in [5.41, 5.74) is 0. The highest BCUT2D eigenvalue weighted by Crippen LogP contribution is 2.11. The number of carbonyl (C=O) groups is 2. The quantitative estimate of drug-likeness (QED) is 0.721. The van der Waals surface area contributed by atoms with E-state index in [1.165, 1.54) is 0 Å². The predicted octanol–water partition coefficient (Wildman–Crippen LogP) is 0.633. The van der Waals surface area contributed by atoms with Gasteiger partial charge in [0.25, 0.3) is 0 Å². The number of hydrogen-bond acceptors (Lipinski definition) is 3. The summed E-state index contributed by atoms with van der Waals surface area (Å²) in [6.07, 6.45) is 0.985. The van der Waals surface area contributed by atoms with E-state index >= 15 is 0 Å². The topological polar surface area (TPSA) is 40.6 Å². The van der Waals surface area contributed by atoms with Crippen LogP contribution in [-0.4, -0.2) is 53.5 Å². The maximum Gasteiger partial charge on any atom is 0.242 e. The van der Waals surface area contributed by atoms with Crippen LogP contribution in [0.3, 0.4) is 0 Å². The van der Waals surface area contributed by atoms with E-state index in [2.05, 4.69) is 19.6 Å². The first-order valence-corrected chi connectivity index (χ1v) is 6.42. The Morgan fingerprint density at radius 2 is 1.75 bits per heavy atom. The van der Waals surface area contributed by atoms with Gasteiger partial charge in [-0.2, -0.15) is 12.6 Å². The van der Waals surface area contributed by atoms with Crippen LogP contribution in [0, 0.1) is 5.92 Å². The van der Waals surface area contributed by atoms with Crippen molar-refractivity contribution in [2.75, 3.05) is 31.9 Å². The third-order valence-electron chi connectivity index (χ3n) is 3.05. The molecule has 1 saturated heterocycles. The van der Waals surface area contributed by atoms with Gasteiger partial charge in [0.1, 0.15) is 0 Å². The second-order valence-corrected chi connectivity index (χ2v) is 4.50.